The van der Waals surface area contributed by atoms with Gasteiger partial charge in [-0.15, -0.1) is 0 Å². The van der Waals surface area contributed by atoms with Crippen molar-refractivity contribution in [2.45, 2.75) is 32.1 Å². The molecule has 0 aromatic heterocycles. The molecule has 2 aliphatic rings. The molecule has 2 saturated heterocycles. The molecule has 2 heterocycles. The first-order valence-corrected chi connectivity index (χ1v) is 9.03. The number of piperidine rings is 2. The molecule has 1 aromatic carbocycles. The number of aliphatic hydroxyl groups excluding tert-OH is 1. The van der Waals surface area contributed by atoms with Crippen LogP contribution in [0, 0.1) is 17.0 Å². The number of rotatable bonds is 4. The Morgan fingerprint density at radius 3 is 2.62 bits per heavy atom. The van der Waals surface area contributed by atoms with E-state index < -0.39 is 11.6 Å². The summed E-state index contributed by atoms with van der Waals surface area (Å²) in [7, 11) is 0. The minimum absolute atomic E-state index is 0.00996. The Kier molecular flexibility index (Phi) is 5.55. The lowest BCUT2D eigenvalue weighted by molar-refractivity contribution is -0.142. The maximum absolute atomic E-state index is 13.8. The molecule has 2 fully saturated rings. The summed E-state index contributed by atoms with van der Waals surface area (Å²) in [6.45, 7) is 2.02. The number of carbonyl (C=O) groups is 2. The van der Waals surface area contributed by atoms with Crippen molar-refractivity contribution in [3.63, 3.8) is 0 Å². The minimum atomic E-state index is -0.959. The summed E-state index contributed by atoms with van der Waals surface area (Å²) >= 11 is 0. The van der Waals surface area contributed by atoms with Crippen LogP contribution in [0.5, 0.6) is 0 Å². The first-order valence-electron chi connectivity index (χ1n) is 9.03. The van der Waals surface area contributed by atoms with Gasteiger partial charge in [0.2, 0.25) is 11.8 Å². The largest absolute Gasteiger partial charge is 0.395 e. The standard InChI is InChI=1S/C19H24F2N2O3/c20-15-3-1-2-14(18(15)21)12-17(26)22-8-6-19(7-9-22)5-4-16(25)23(13-19)10-11-24/h1-3,24H,4-13H2. The van der Waals surface area contributed by atoms with Gasteiger partial charge in [0.25, 0.3) is 0 Å². The molecule has 2 amide bonds. The van der Waals surface area contributed by atoms with Gasteiger partial charge in [-0.1, -0.05) is 12.1 Å². The van der Waals surface area contributed by atoms with Crippen molar-refractivity contribution in [3.05, 3.63) is 35.4 Å². The molecule has 3 rings (SSSR count). The third-order valence-corrected chi connectivity index (χ3v) is 5.67. The van der Waals surface area contributed by atoms with E-state index in [1.165, 1.54) is 12.1 Å². The lowest BCUT2D eigenvalue weighted by atomic mass is 9.72. The zero-order chi connectivity index (χ0) is 18.7. The summed E-state index contributed by atoms with van der Waals surface area (Å²) in [6, 6.07) is 3.87. The van der Waals surface area contributed by atoms with Gasteiger partial charge in [0.05, 0.1) is 13.0 Å². The predicted molar refractivity (Wildman–Crippen MR) is 91.2 cm³/mol. The summed E-state index contributed by atoms with van der Waals surface area (Å²) in [4.78, 5) is 27.8. The van der Waals surface area contributed by atoms with Crippen molar-refractivity contribution < 1.29 is 23.5 Å². The van der Waals surface area contributed by atoms with Gasteiger partial charge < -0.3 is 14.9 Å². The molecule has 7 heteroatoms. The summed E-state index contributed by atoms with van der Waals surface area (Å²) in [5.74, 6) is -2.03. The third-order valence-electron chi connectivity index (χ3n) is 5.67. The number of hydrogen-bond acceptors (Lipinski definition) is 3. The maximum Gasteiger partial charge on any atom is 0.227 e. The summed E-state index contributed by atoms with van der Waals surface area (Å²) in [6.07, 6.45) is 2.68. The third kappa shape index (κ3) is 3.87. The number of halogens is 2. The second-order valence-electron chi connectivity index (χ2n) is 7.31. The van der Waals surface area contributed by atoms with Crippen LogP contribution in [0.1, 0.15) is 31.2 Å². The number of amides is 2. The van der Waals surface area contributed by atoms with Gasteiger partial charge in [-0.05, 0) is 30.7 Å². The van der Waals surface area contributed by atoms with E-state index in [9.17, 15) is 18.4 Å². The van der Waals surface area contributed by atoms with Crippen LogP contribution in [-0.2, 0) is 16.0 Å². The fraction of sp³-hybridized carbons (Fsp3) is 0.579. The van der Waals surface area contributed by atoms with E-state index in [1.807, 2.05) is 0 Å². The number of aliphatic hydroxyl groups is 1. The number of hydrogen-bond donors (Lipinski definition) is 1. The fourth-order valence-electron chi connectivity index (χ4n) is 4.03. The Balaban J connectivity index is 1.58. The molecule has 0 bridgehead atoms. The molecular formula is C19H24F2N2O3. The van der Waals surface area contributed by atoms with Crippen molar-refractivity contribution in [1.82, 2.24) is 9.80 Å². The Bertz CT molecular complexity index is 687. The van der Waals surface area contributed by atoms with Gasteiger partial charge in [0, 0.05) is 38.2 Å². The van der Waals surface area contributed by atoms with Gasteiger partial charge in [-0.3, -0.25) is 9.59 Å². The molecule has 26 heavy (non-hydrogen) atoms. The van der Waals surface area contributed by atoms with Crippen LogP contribution in [0.25, 0.3) is 0 Å². The number of benzene rings is 1. The lowest BCUT2D eigenvalue weighted by Crippen LogP contribution is -2.53. The highest BCUT2D eigenvalue weighted by molar-refractivity contribution is 5.79. The van der Waals surface area contributed by atoms with Crippen LogP contribution in [-0.4, -0.2) is 59.5 Å². The smallest absolute Gasteiger partial charge is 0.227 e. The highest BCUT2D eigenvalue weighted by atomic mass is 19.2. The summed E-state index contributed by atoms with van der Waals surface area (Å²) < 4.78 is 27.1. The van der Waals surface area contributed by atoms with Crippen molar-refractivity contribution in [2.24, 2.45) is 5.41 Å². The zero-order valence-electron chi connectivity index (χ0n) is 14.7. The SMILES string of the molecule is O=C(Cc1cccc(F)c1F)N1CCC2(CCC(=O)N(CCO)C2)CC1. The summed E-state index contributed by atoms with van der Waals surface area (Å²) in [5.41, 5.74) is 0.0666. The van der Waals surface area contributed by atoms with Crippen LogP contribution >= 0.6 is 0 Å². The topological polar surface area (TPSA) is 60.9 Å². The minimum Gasteiger partial charge on any atom is -0.395 e. The van der Waals surface area contributed by atoms with Crippen molar-refractivity contribution in [3.8, 4) is 0 Å². The molecule has 2 aliphatic heterocycles. The van der Waals surface area contributed by atoms with Crippen LogP contribution < -0.4 is 0 Å². The molecule has 142 valence electrons. The Hall–Kier alpha value is -2.02. The van der Waals surface area contributed by atoms with Crippen LogP contribution in [0.3, 0.4) is 0 Å². The van der Waals surface area contributed by atoms with Gasteiger partial charge in [0.15, 0.2) is 11.6 Å². The Labute approximate surface area is 151 Å². The Morgan fingerprint density at radius 2 is 1.92 bits per heavy atom. The van der Waals surface area contributed by atoms with Crippen molar-refractivity contribution in [1.29, 1.82) is 0 Å². The molecule has 1 aromatic rings. The molecule has 5 nitrogen and oxygen atoms in total. The number of nitrogens with zero attached hydrogens (tertiary/aromatic N) is 2. The number of carbonyl (C=O) groups excluding carboxylic acids is 2. The van der Waals surface area contributed by atoms with E-state index in [4.69, 9.17) is 5.11 Å². The first kappa shape index (κ1) is 18.8. The number of likely N-dealkylation sites (tertiary alicyclic amines) is 2. The predicted octanol–water partition coefficient (Wildman–Crippen LogP) is 1.73. The van der Waals surface area contributed by atoms with Gasteiger partial charge in [-0.2, -0.15) is 0 Å². The van der Waals surface area contributed by atoms with Crippen LogP contribution in [0.15, 0.2) is 18.2 Å². The second kappa shape index (κ2) is 7.70. The molecule has 1 spiro atoms. The van der Waals surface area contributed by atoms with E-state index in [0.717, 1.165) is 25.3 Å². The second-order valence-corrected chi connectivity index (χ2v) is 7.31. The zero-order valence-corrected chi connectivity index (χ0v) is 14.7. The molecule has 0 radical (unpaired) electrons. The van der Waals surface area contributed by atoms with Gasteiger partial charge in [0.1, 0.15) is 0 Å². The molecule has 0 aliphatic carbocycles. The van der Waals surface area contributed by atoms with Crippen LogP contribution in [0.4, 0.5) is 8.78 Å². The number of β-amino-alcohol motifs (C(OH)–C–C–N with tert-alkyl or cyclic N) is 1. The molecule has 0 unspecified atom stereocenters. The average molecular weight is 366 g/mol. The first-order chi connectivity index (χ1) is 12.4. The molecule has 0 atom stereocenters. The quantitative estimate of drug-likeness (QED) is 0.883. The molecular weight excluding hydrogens is 342 g/mol. The summed E-state index contributed by atoms with van der Waals surface area (Å²) in [5, 5.41) is 9.12. The van der Waals surface area contributed by atoms with E-state index >= 15 is 0 Å². The van der Waals surface area contributed by atoms with E-state index in [1.54, 1.807) is 9.80 Å². The highest BCUT2D eigenvalue weighted by Crippen LogP contribution is 2.40. The van der Waals surface area contributed by atoms with Gasteiger partial charge in [-0.25, -0.2) is 8.78 Å². The van der Waals surface area contributed by atoms with Crippen LogP contribution in [0.2, 0.25) is 0 Å². The van der Waals surface area contributed by atoms with Gasteiger partial charge >= 0.3 is 0 Å². The van der Waals surface area contributed by atoms with E-state index in [2.05, 4.69) is 0 Å². The lowest BCUT2D eigenvalue weighted by Gasteiger charge is -2.47. The average Bonchev–Trinajstić information content (AvgIpc) is 2.63. The normalized spacial score (nSPS) is 19.9. The van der Waals surface area contributed by atoms with E-state index in [0.29, 0.717) is 32.6 Å². The van der Waals surface area contributed by atoms with E-state index in [-0.39, 0.29) is 35.8 Å². The van der Waals surface area contributed by atoms with Crippen molar-refractivity contribution >= 4 is 11.8 Å². The highest BCUT2D eigenvalue weighted by Gasteiger charge is 2.41. The molecule has 1 N–H and O–H groups in total. The Morgan fingerprint density at radius 1 is 1.19 bits per heavy atom. The monoisotopic (exact) mass is 366 g/mol. The van der Waals surface area contributed by atoms with Crippen molar-refractivity contribution in [2.75, 3.05) is 32.8 Å². The maximum atomic E-state index is 13.8. The molecule has 0 saturated carbocycles. The fourth-order valence-corrected chi connectivity index (χ4v) is 4.03.